The standard InChI is InChI=1S/C27H38N2O6S/c1-4-28(5-2)23-10-7-21(8-11-23)16-29(24-13-14-36(32,33)20-24)17-25(31)19-35-26-12-9-22(18-30)15-27(26)34-6-3/h7-12,15,18,24-25,31H,4-6,13-14,16-17,19-20H2,1-3H3. The third-order valence-electron chi connectivity index (χ3n) is 6.46. The first-order chi connectivity index (χ1) is 17.3. The molecule has 0 saturated carbocycles. The van der Waals surface area contributed by atoms with Crippen LogP contribution < -0.4 is 14.4 Å². The molecule has 0 radical (unpaired) electrons. The van der Waals surface area contributed by atoms with Gasteiger partial charge < -0.3 is 19.5 Å². The summed E-state index contributed by atoms with van der Waals surface area (Å²) in [4.78, 5) is 15.4. The first-order valence-electron chi connectivity index (χ1n) is 12.6. The highest BCUT2D eigenvalue weighted by Crippen LogP contribution is 2.28. The number of nitrogens with zero attached hydrogens (tertiary/aromatic N) is 2. The largest absolute Gasteiger partial charge is 0.490 e. The second-order valence-corrected chi connectivity index (χ2v) is 11.3. The maximum Gasteiger partial charge on any atom is 0.161 e. The number of hydrogen-bond donors (Lipinski definition) is 1. The van der Waals surface area contributed by atoms with Crippen LogP contribution in [0.25, 0.3) is 0 Å². The summed E-state index contributed by atoms with van der Waals surface area (Å²) in [6, 6.07) is 13.0. The molecule has 1 fully saturated rings. The Labute approximate surface area is 214 Å². The number of rotatable bonds is 14. The molecule has 36 heavy (non-hydrogen) atoms. The number of aliphatic hydroxyl groups excluding tert-OH is 1. The zero-order valence-corrected chi connectivity index (χ0v) is 22.2. The van der Waals surface area contributed by atoms with Gasteiger partial charge in [0, 0.05) is 43.5 Å². The fourth-order valence-corrected chi connectivity index (χ4v) is 6.30. The van der Waals surface area contributed by atoms with Crippen LogP contribution >= 0.6 is 0 Å². The molecule has 8 nitrogen and oxygen atoms in total. The van der Waals surface area contributed by atoms with Gasteiger partial charge in [-0.05, 0) is 63.1 Å². The fraction of sp³-hybridized carbons (Fsp3) is 0.519. The van der Waals surface area contributed by atoms with Crippen molar-refractivity contribution in [2.24, 2.45) is 0 Å². The lowest BCUT2D eigenvalue weighted by Gasteiger charge is -2.30. The molecule has 1 aliphatic heterocycles. The highest BCUT2D eigenvalue weighted by Gasteiger charge is 2.33. The van der Waals surface area contributed by atoms with Crippen molar-refractivity contribution in [2.75, 3.05) is 49.3 Å². The number of aliphatic hydroxyl groups is 1. The number of carbonyl (C=O) groups is 1. The zero-order valence-electron chi connectivity index (χ0n) is 21.4. The topological polar surface area (TPSA) is 96.4 Å². The van der Waals surface area contributed by atoms with Crippen LogP contribution in [0.5, 0.6) is 11.5 Å². The monoisotopic (exact) mass is 518 g/mol. The quantitative estimate of drug-likeness (QED) is 0.381. The van der Waals surface area contributed by atoms with E-state index in [0.717, 1.165) is 30.6 Å². The highest BCUT2D eigenvalue weighted by molar-refractivity contribution is 7.91. The summed E-state index contributed by atoms with van der Waals surface area (Å²) in [5.74, 6) is 1.16. The number of carbonyl (C=O) groups excluding carboxylic acids is 1. The average Bonchev–Trinajstić information content (AvgIpc) is 3.24. The van der Waals surface area contributed by atoms with Gasteiger partial charge in [-0.25, -0.2) is 8.42 Å². The van der Waals surface area contributed by atoms with Gasteiger partial charge in [0.25, 0.3) is 0 Å². The lowest BCUT2D eigenvalue weighted by Crippen LogP contribution is -2.42. The molecule has 2 atom stereocenters. The lowest BCUT2D eigenvalue weighted by molar-refractivity contribution is 0.0515. The van der Waals surface area contributed by atoms with Crippen LogP contribution in [0.4, 0.5) is 5.69 Å². The normalized spacial score (nSPS) is 17.6. The fourth-order valence-electron chi connectivity index (χ4n) is 4.54. The summed E-state index contributed by atoms with van der Waals surface area (Å²) < 4.78 is 35.8. The minimum atomic E-state index is -3.07. The molecule has 0 aromatic heterocycles. The molecule has 3 rings (SSSR count). The molecule has 1 saturated heterocycles. The molecule has 2 aromatic carbocycles. The molecule has 1 N–H and O–H groups in total. The molecular formula is C27H38N2O6S. The highest BCUT2D eigenvalue weighted by atomic mass is 32.2. The maximum atomic E-state index is 12.2. The predicted octanol–water partition coefficient (Wildman–Crippen LogP) is 3.17. The first-order valence-corrected chi connectivity index (χ1v) is 14.4. The SMILES string of the molecule is CCOc1cc(C=O)ccc1OCC(O)CN(Cc1ccc(N(CC)CC)cc1)C1CCS(=O)(=O)C1. The Morgan fingerprint density at radius 2 is 1.78 bits per heavy atom. The van der Waals surface area contributed by atoms with E-state index >= 15 is 0 Å². The third kappa shape index (κ3) is 7.69. The summed E-state index contributed by atoms with van der Waals surface area (Å²) >= 11 is 0. The van der Waals surface area contributed by atoms with Gasteiger partial charge in [0.1, 0.15) is 19.0 Å². The average molecular weight is 519 g/mol. The number of sulfone groups is 1. The van der Waals surface area contributed by atoms with Gasteiger partial charge in [-0.3, -0.25) is 9.69 Å². The molecular weight excluding hydrogens is 480 g/mol. The summed E-state index contributed by atoms with van der Waals surface area (Å²) in [6.45, 7) is 9.18. The van der Waals surface area contributed by atoms with Crippen LogP contribution in [0.1, 0.15) is 43.1 Å². The first kappa shape index (κ1) is 28.0. The van der Waals surface area contributed by atoms with Crippen LogP contribution in [0.15, 0.2) is 42.5 Å². The smallest absolute Gasteiger partial charge is 0.161 e. The van der Waals surface area contributed by atoms with Gasteiger partial charge in [0.15, 0.2) is 21.3 Å². The molecule has 0 aliphatic carbocycles. The molecule has 9 heteroatoms. The molecule has 1 aliphatic rings. The van der Waals surface area contributed by atoms with Gasteiger partial charge in [-0.1, -0.05) is 12.1 Å². The van der Waals surface area contributed by atoms with E-state index in [1.165, 1.54) is 0 Å². The number of aldehydes is 1. The second-order valence-electron chi connectivity index (χ2n) is 9.05. The summed E-state index contributed by atoms with van der Waals surface area (Å²) in [5, 5.41) is 10.8. The van der Waals surface area contributed by atoms with Crippen LogP contribution in [0.2, 0.25) is 0 Å². The predicted molar refractivity (Wildman–Crippen MR) is 142 cm³/mol. The Morgan fingerprint density at radius 1 is 1.06 bits per heavy atom. The van der Waals surface area contributed by atoms with Gasteiger partial charge in [0.05, 0.1) is 18.1 Å². The van der Waals surface area contributed by atoms with Gasteiger partial charge in [-0.15, -0.1) is 0 Å². The minimum absolute atomic E-state index is 0.0113. The second kappa shape index (κ2) is 13.1. The van der Waals surface area contributed by atoms with Gasteiger partial charge in [-0.2, -0.15) is 0 Å². The zero-order chi connectivity index (χ0) is 26.1. The number of benzene rings is 2. The Bertz CT molecular complexity index is 1090. The van der Waals surface area contributed by atoms with Crippen molar-refractivity contribution in [1.29, 1.82) is 0 Å². The van der Waals surface area contributed by atoms with E-state index in [2.05, 4.69) is 43.0 Å². The number of anilines is 1. The molecule has 0 spiro atoms. The van der Waals surface area contributed by atoms with Crippen LogP contribution in [-0.4, -0.2) is 81.2 Å². The Morgan fingerprint density at radius 3 is 2.36 bits per heavy atom. The lowest BCUT2D eigenvalue weighted by atomic mass is 10.1. The Balaban J connectivity index is 1.69. The van der Waals surface area contributed by atoms with Crippen molar-refractivity contribution in [1.82, 2.24) is 4.90 Å². The van der Waals surface area contributed by atoms with E-state index in [4.69, 9.17) is 9.47 Å². The van der Waals surface area contributed by atoms with E-state index in [9.17, 15) is 18.3 Å². The number of ether oxygens (including phenoxy) is 2. The number of hydrogen-bond acceptors (Lipinski definition) is 8. The van der Waals surface area contributed by atoms with Crippen LogP contribution in [0, 0.1) is 0 Å². The minimum Gasteiger partial charge on any atom is -0.490 e. The van der Waals surface area contributed by atoms with Gasteiger partial charge >= 0.3 is 0 Å². The Hall–Kier alpha value is -2.62. The summed E-state index contributed by atoms with van der Waals surface area (Å²) in [5.41, 5.74) is 2.69. The maximum absolute atomic E-state index is 12.2. The van der Waals surface area contributed by atoms with E-state index in [0.29, 0.717) is 36.6 Å². The Kier molecular flexibility index (Phi) is 10.2. The van der Waals surface area contributed by atoms with Crippen molar-refractivity contribution in [3.05, 3.63) is 53.6 Å². The van der Waals surface area contributed by atoms with E-state index in [1.807, 2.05) is 11.8 Å². The van der Waals surface area contributed by atoms with Crippen LogP contribution in [-0.2, 0) is 16.4 Å². The molecule has 0 amide bonds. The van der Waals surface area contributed by atoms with Gasteiger partial charge in [0.2, 0.25) is 0 Å². The van der Waals surface area contributed by atoms with Crippen molar-refractivity contribution < 1.29 is 27.8 Å². The molecule has 1 heterocycles. The molecule has 0 bridgehead atoms. The van der Waals surface area contributed by atoms with E-state index in [-0.39, 0.29) is 30.7 Å². The van der Waals surface area contributed by atoms with E-state index < -0.39 is 15.9 Å². The van der Waals surface area contributed by atoms with Crippen molar-refractivity contribution >= 4 is 21.8 Å². The summed E-state index contributed by atoms with van der Waals surface area (Å²) in [6.07, 6.45) is 0.446. The third-order valence-corrected chi connectivity index (χ3v) is 8.21. The molecule has 2 aromatic rings. The van der Waals surface area contributed by atoms with Crippen molar-refractivity contribution in [3.8, 4) is 11.5 Å². The van der Waals surface area contributed by atoms with Crippen LogP contribution in [0.3, 0.4) is 0 Å². The van der Waals surface area contributed by atoms with E-state index in [1.54, 1.807) is 18.2 Å². The van der Waals surface area contributed by atoms with Crippen molar-refractivity contribution in [2.45, 2.75) is 45.9 Å². The molecule has 198 valence electrons. The van der Waals surface area contributed by atoms with Crippen molar-refractivity contribution in [3.63, 3.8) is 0 Å². The summed E-state index contributed by atoms with van der Waals surface area (Å²) in [7, 11) is -3.07. The molecule has 2 unspecified atom stereocenters.